The van der Waals surface area contributed by atoms with Crippen molar-refractivity contribution in [3.05, 3.63) is 57.8 Å². The molecule has 1 N–H and O–H groups in total. The molecule has 0 saturated heterocycles. The van der Waals surface area contributed by atoms with Crippen molar-refractivity contribution in [2.24, 2.45) is 0 Å². The van der Waals surface area contributed by atoms with Gasteiger partial charge in [0.1, 0.15) is 11.6 Å². The Kier molecular flexibility index (Phi) is 4.51. The van der Waals surface area contributed by atoms with Crippen molar-refractivity contribution in [3.63, 3.8) is 0 Å². The van der Waals surface area contributed by atoms with Gasteiger partial charge in [0, 0.05) is 17.1 Å². The molecular formula is C14H12Cl2FNO. The third kappa shape index (κ3) is 3.31. The van der Waals surface area contributed by atoms with Gasteiger partial charge in [0.05, 0.1) is 17.8 Å². The fourth-order valence-corrected chi connectivity index (χ4v) is 2.16. The third-order valence-corrected chi connectivity index (χ3v) is 3.21. The fourth-order valence-electron chi connectivity index (χ4n) is 1.74. The first-order valence-corrected chi connectivity index (χ1v) is 6.37. The maximum absolute atomic E-state index is 13.6. The van der Waals surface area contributed by atoms with E-state index in [1.807, 2.05) is 0 Å². The van der Waals surface area contributed by atoms with Crippen LogP contribution in [0.4, 0.5) is 10.1 Å². The minimum Gasteiger partial charge on any atom is -0.496 e. The maximum Gasteiger partial charge on any atom is 0.147 e. The lowest BCUT2D eigenvalue weighted by molar-refractivity contribution is 0.410. The summed E-state index contributed by atoms with van der Waals surface area (Å²) in [6, 6.07) is 9.80. The molecule has 0 aromatic heterocycles. The molecule has 0 fully saturated rings. The molecule has 2 rings (SSSR count). The highest BCUT2D eigenvalue weighted by molar-refractivity contribution is 6.33. The molecule has 0 atom stereocenters. The first kappa shape index (κ1) is 14.0. The molecule has 0 aliphatic heterocycles. The van der Waals surface area contributed by atoms with Crippen molar-refractivity contribution < 1.29 is 9.13 Å². The average Bonchev–Trinajstić information content (AvgIpc) is 2.38. The summed E-state index contributed by atoms with van der Waals surface area (Å²) in [5.74, 6) is 0.290. The third-order valence-electron chi connectivity index (χ3n) is 2.66. The number of halogens is 3. The second-order valence-corrected chi connectivity index (χ2v) is 4.75. The Hall–Kier alpha value is -1.45. The SMILES string of the molecule is COc1ccc(Cl)cc1CNc1c(F)cccc1Cl. The van der Waals surface area contributed by atoms with Gasteiger partial charge >= 0.3 is 0 Å². The molecule has 100 valence electrons. The van der Waals surface area contributed by atoms with Crippen LogP contribution in [0.5, 0.6) is 5.75 Å². The number of benzene rings is 2. The van der Waals surface area contributed by atoms with Crippen molar-refractivity contribution in [3.8, 4) is 5.75 Å². The normalized spacial score (nSPS) is 10.3. The van der Waals surface area contributed by atoms with Crippen LogP contribution >= 0.6 is 23.2 Å². The quantitative estimate of drug-likeness (QED) is 0.879. The predicted molar refractivity (Wildman–Crippen MR) is 76.7 cm³/mol. The number of methoxy groups -OCH3 is 1. The number of para-hydroxylation sites is 1. The summed E-state index contributed by atoms with van der Waals surface area (Å²) < 4.78 is 18.8. The summed E-state index contributed by atoms with van der Waals surface area (Å²) in [6.07, 6.45) is 0. The van der Waals surface area contributed by atoms with Crippen LogP contribution in [0.2, 0.25) is 10.0 Å². The monoisotopic (exact) mass is 299 g/mol. The van der Waals surface area contributed by atoms with E-state index in [-0.39, 0.29) is 5.69 Å². The van der Waals surface area contributed by atoms with Crippen LogP contribution in [0.25, 0.3) is 0 Å². The largest absolute Gasteiger partial charge is 0.496 e. The number of anilines is 1. The molecule has 0 spiro atoms. The Morgan fingerprint density at radius 3 is 2.68 bits per heavy atom. The summed E-state index contributed by atoms with van der Waals surface area (Å²) in [5.41, 5.74) is 1.10. The standard InChI is InChI=1S/C14H12Cl2FNO/c1-19-13-6-5-10(15)7-9(13)8-18-14-11(16)3-2-4-12(14)17/h2-7,18H,8H2,1H3. The molecule has 5 heteroatoms. The van der Waals surface area contributed by atoms with Gasteiger partial charge in [0.25, 0.3) is 0 Å². The van der Waals surface area contributed by atoms with Crippen molar-refractivity contribution in [1.29, 1.82) is 0 Å². The van der Waals surface area contributed by atoms with Gasteiger partial charge in [0.2, 0.25) is 0 Å². The lowest BCUT2D eigenvalue weighted by atomic mass is 10.2. The smallest absolute Gasteiger partial charge is 0.147 e. The number of hydrogen-bond donors (Lipinski definition) is 1. The zero-order chi connectivity index (χ0) is 13.8. The van der Waals surface area contributed by atoms with E-state index in [1.165, 1.54) is 6.07 Å². The zero-order valence-electron chi connectivity index (χ0n) is 10.2. The van der Waals surface area contributed by atoms with Crippen LogP contribution in [0, 0.1) is 5.82 Å². The highest BCUT2D eigenvalue weighted by atomic mass is 35.5. The van der Waals surface area contributed by atoms with E-state index in [0.29, 0.717) is 22.3 Å². The van der Waals surface area contributed by atoms with Gasteiger partial charge in [-0.05, 0) is 30.3 Å². The van der Waals surface area contributed by atoms with Crippen molar-refractivity contribution >= 4 is 28.9 Å². The maximum atomic E-state index is 13.6. The number of ether oxygens (including phenoxy) is 1. The molecule has 2 aromatic rings. The second-order valence-electron chi connectivity index (χ2n) is 3.91. The molecule has 0 unspecified atom stereocenters. The van der Waals surface area contributed by atoms with Crippen molar-refractivity contribution in [2.75, 3.05) is 12.4 Å². The highest BCUT2D eigenvalue weighted by Crippen LogP contribution is 2.27. The predicted octanol–water partition coefficient (Wildman–Crippen LogP) is 4.75. The Balaban J connectivity index is 2.21. The minimum absolute atomic E-state index is 0.270. The van der Waals surface area contributed by atoms with Gasteiger partial charge in [-0.15, -0.1) is 0 Å². The minimum atomic E-state index is -0.395. The second kappa shape index (κ2) is 6.13. The van der Waals surface area contributed by atoms with E-state index in [9.17, 15) is 4.39 Å². The zero-order valence-corrected chi connectivity index (χ0v) is 11.7. The van der Waals surface area contributed by atoms with E-state index in [0.717, 1.165) is 5.56 Å². The van der Waals surface area contributed by atoms with Gasteiger partial charge in [0.15, 0.2) is 0 Å². The van der Waals surface area contributed by atoms with E-state index in [1.54, 1.807) is 37.4 Å². The number of hydrogen-bond acceptors (Lipinski definition) is 2. The van der Waals surface area contributed by atoms with E-state index in [2.05, 4.69) is 5.32 Å². The van der Waals surface area contributed by atoms with Gasteiger partial charge in [-0.1, -0.05) is 29.3 Å². The molecule has 19 heavy (non-hydrogen) atoms. The molecule has 0 saturated carbocycles. The first-order chi connectivity index (χ1) is 9.11. The van der Waals surface area contributed by atoms with Gasteiger partial charge in [-0.2, -0.15) is 0 Å². The number of nitrogens with one attached hydrogen (secondary N) is 1. The van der Waals surface area contributed by atoms with E-state index in [4.69, 9.17) is 27.9 Å². The molecular weight excluding hydrogens is 288 g/mol. The van der Waals surface area contributed by atoms with Crippen LogP contribution in [0.15, 0.2) is 36.4 Å². The van der Waals surface area contributed by atoms with Crippen LogP contribution in [-0.4, -0.2) is 7.11 Å². The topological polar surface area (TPSA) is 21.3 Å². The molecule has 0 heterocycles. The lowest BCUT2D eigenvalue weighted by Gasteiger charge is -2.12. The first-order valence-electron chi connectivity index (χ1n) is 5.62. The molecule has 0 radical (unpaired) electrons. The van der Waals surface area contributed by atoms with Gasteiger partial charge in [-0.3, -0.25) is 0 Å². The summed E-state index contributed by atoms with van der Waals surface area (Å²) in [4.78, 5) is 0. The molecule has 0 bridgehead atoms. The van der Waals surface area contributed by atoms with Crippen molar-refractivity contribution in [1.82, 2.24) is 0 Å². The van der Waals surface area contributed by atoms with Gasteiger partial charge in [-0.25, -0.2) is 4.39 Å². The number of rotatable bonds is 4. The Morgan fingerprint density at radius 2 is 2.00 bits per heavy atom. The van der Waals surface area contributed by atoms with Crippen LogP contribution in [0.3, 0.4) is 0 Å². The Bertz CT molecular complexity index is 569. The highest BCUT2D eigenvalue weighted by Gasteiger charge is 2.08. The molecule has 2 aromatic carbocycles. The Labute approximate surface area is 121 Å². The summed E-state index contributed by atoms with van der Waals surface area (Å²) in [5, 5.41) is 3.88. The van der Waals surface area contributed by atoms with E-state index >= 15 is 0 Å². The van der Waals surface area contributed by atoms with Crippen LogP contribution < -0.4 is 10.1 Å². The fraction of sp³-hybridized carbons (Fsp3) is 0.143. The lowest BCUT2D eigenvalue weighted by Crippen LogP contribution is -2.04. The summed E-state index contributed by atoms with van der Waals surface area (Å²) in [7, 11) is 1.57. The molecule has 0 amide bonds. The summed E-state index contributed by atoms with van der Waals surface area (Å²) >= 11 is 11.9. The van der Waals surface area contributed by atoms with E-state index < -0.39 is 5.82 Å². The molecule has 2 nitrogen and oxygen atoms in total. The van der Waals surface area contributed by atoms with Crippen molar-refractivity contribution in [2.45, 2.75) is 6.54 Å². The summed E-state index contributed by atoms with van der Waals surface area (Å²) in [6.45, 7) is 0.365. The van der Waals surface area contributed by atoms with Crippen LogP contribution in [0.1, 0.15) is 5.56 Å². The van der Waals surface area contributed by atoms with Gasteiger partial charge < -0.3 is 10.1 Å². The Morgan fingerprint density at radius 1 is 1.21 bits per heavy atom. The molecule has 0 aliphatic carbocycles. The average molecular weight is 300 g/mol. The molecule has 0 aliphatic rings. The van der Waals surface area contributed by atoms with Crippen LogP contribution in [-0.2, 0) is 6.54 Å².